The second kappa shape index (κ2) is 12.6. The summed E-state index contributed by atoms with van der Waals surface area (Å²) in [7, 11) is 0. The number of benzene rings is 2. The quantitative estimate of drug-likeness (QED) is 0.533. The van der Waals surface area contributed by atoms with Gasteiger partial charge in [-0.15, -0.1) is 24.8 Å². The Balaban J connectivity index is 0.00000225. The average molecular weight is 470 g/mol. The number of aromatic nitrogens is 2. The smallest absolute Gasteiger partial charge is 0.240 e. The van der Waals surface area contributed by atoms with Gasteiger partial charge in [0.05, 0.1) is 18.1 Å². The van der Waals surface area contributed by atoms with Gasteiger partial charge < -0.3 is 15.2 Å². The van der Waals surface area contributed by atoms with E-state index in [1.54, 1.807) is 11.2 Å². The third kappa shape index (κ3) is 7.33. The molecule has 0 aliphatic rings. The molecule has 3 aromatic rings. The number of imidazole rings is 1. The van der Waals surface area contributed by atoms with Crippen LogP contribution in [0.1, 0.15) is 23.7 Å². The van der Waals surface area contributed by atoms with Crippen LogP contribution < -0.4 is 5.73 Å². The van der Waals surface area contributed by atoms with E-state index in [1.807, 2.05) is 60.2 Å². The van der Waals surface area contributed by atoms with Gasteiger partial charge in [-0.2, -0.15) is 0 Å². The molecule has 0 fully saturated rings. The molecule has 1 heterocycles. The SMILES string of the molecule is CCN(Cc1cccc(Cl)c1)C(=O)[C@@H](N)Cc1cn(Cc2ccccc2)cn1.Cl.Cl. The molecule has 1 atom stereocenters. The summed E-state index contributed by atoms with van der Waals surface area (Å²) in [5, 5.41) is 0.661. The lowest BCUT2D eigenvalue weighted by Gasteiger charge is -2.24. The first-order valence-electron chi connectivity index (χ1n) is 9.38. The molecule has 3 rings (SSSR count). The minimum Gasteiger partial charge on any atom is -0.337 e. The fraction of sp³-hybridized carbons (Fsp3) is 0.273. The van der Waals surface area contributed by atoms with Crippen LogP contribution in [0.4, 0.5) is 0 Å². The number of halogens is 3. The molecule has 0 spiro atoms. The normalized spacial score (nSPS) is 11.2. The van der Waals surface area contributed by atoms with E-state index in [1.165, 1.54) is 5.56 Å². The van der Waals surface area contributed by atoms with Gasteiger partial charge in [0.1, 0.15) is 0 Å². The van der Waals surface area contributed by atoms with E-state index in [-0.39, 0.29) is 30.7 Å². The monoisotopic (exact) mass is 468 g/mol. The zero-order valence-corrected chi connectivity index (χ0v) is 19.2. The Labute approximate surface area is 195 Å². The summed E-state index contributed by atoms with van der Waals surface area (Å²) in [5.74, 6) is -0.0833. The largest absolute Gasteiger partial charge is 0.337 e. The molecule has 0 saturated carbocycles. The van der Waals surface area contributed by atoms with Crippen LogP contribution in [0.25, 0.3) is 0 Å². The Hall–Kier alpha value is -2.05. The number of likely N-dealkylation sites (N-methyl/N-ethyl adjacent to an activating group) is 1. The van der Waals surface area contributed by atoms with Crippen molar-refractivity contribution in [2.24, 2.45) is 5.73 Å². The molecular weight excluding hydrogens is 443 g/mol. The van der Waals surface area contributed by atoms with Crippen molar-refractivity contribution in [1.29, 1.82) is 0 Å². The van der Waals surface area contributed by atoms with E-state index < -0.39 is 6.04 Å². The number of hydrogen-bond acceptors (Lipinski definition) is 3. The van der Waals surface area contributed by atoms with Crippen molar-refractivity contribution in [3.05, 3.63) is 89.0 Å². The van der Waals surface area contributed by atoms with Gasteiger partial charge >= 0.3 is 0 Å². The first-order chi connectivity index (χ1) is 13.5. The number of nitrogens with two attached hydrogens (primary N) is 1. The minimum atomic E-state index is -0.626. The molecule has 162 valence electrons. The Morgan fingerprint density at radius 2 is 1.83 bits per heavy atom. The lowest BCUT2D eigenvalue weighted by Crippen LogP contribution is -2.44. The summed E-state index contributed by atoms with van der Waals surface area (Å²) in [4.78, 5) is 19.0. The Morgan fingerprint density at radius 3 is 2.50 bits per heavy atom. The van der Waals surface area contributed by atoms with E-state index in [0.29, 0.717) is 24.5 Å². The van der Waals surface area contributed by atoms with Crippen molar-refractivity contribution >= 4 is 42.3 Å². The van der Waals surface area contributed by atoms with Crippen LogP contribution in [-0.4, -0.2) is 32.9 Å². The van der Waals surface area contributed by atoms with Crippen LogP contribution in [-0.2, 0) is 24.3 Å². The molecule has 1 aromatic heterocycles. The van der Waals surface area contributed by atoms with Gasteiger partial charge in [0, 0.05) is 37.3 Å². The number of amides is 1. The molecule has 8 heteroatoms. The minimum absolute atomic E-state index is 0. The molecule has 0 aliphatic carbocycles. The Morgan fingerprint density at radius 1 is 1.13 bits per heavy atom. The molecule has 0 saturated heterocycles. The Bertz CT molecular complexity index is 918. The van der Waals surface area contributed by atoms with Gasteiger partial charge in [0.15, 0.2) is 0 Å². The van der Waals surface area contributed by atoms with Crippen molar-refractivity contribution in [2.45, 2.75) is 32.5 Å². The maximum atomic E-state index is 12.8. The molecule has 0 bridgehead atoms. The predicted molar refractivity (Wildman–Crippen MR) is 126 cm³/mol. The van der Waals surface area contributed by atoms with Crippen LogP contribution in [0.3, 0.4) is 0 Å². The third-order valence-electron chi connectivity index (χ3n) is 4.60. The highest BCUT2D eigenvalue weighted by Gasteiger charge is 2.21. The van der Waals surface area contributed by atoms with Gasteiger partial charge in [-0.3, -0.25) is 4.79 Å². The van der Waals surface area contributed by atoms with Crippen molar-refractivity contribution in [2.75, 3.05) is 6.54 Å². The maximum absolute atomic E-state index is 12.8. The van der Waals surface area contributed by atoms with Crippen LogP contribution in [0.2, 0.25) is 5.02 Å². The molecule has 0 aliphatic heterocycles. The summed E-state index contributed by atoms with van der Waals surface area (Å²) < 4.78 is 2.01. The summed E-state index contributed by atoms with van der Waals surface area (Å²) in [5.41, 5.74) is 9.21. The predicted octanol–water partition coefficient (Wildman–Crippen LogP) is 4.35. The maximum Gasteiger partial charge on any atom is 0.240 e. The lowest BCUT2D eigenvalue weighted by molar-refractivity contribution is -0.133. The molecule has 0 unspecified atom stereocenters. The van der Waals surface area contributed by atoms with Crippen molar-refractivity contribution in [3.63, 3.8) is 0 Å². The summed E-state index contributed by atoms with van der Waals surface area (Å²) in [6, 6.07) is 17.1. The number of carbonyl (C=O) groups excluding carboxylic acids is 1. The van der Waals surface area contributed by atoms with Crippen LogP contribution in [0.5, 0.6) is 0 Å². The molecule has 1 amide bonds. The highest BCUT2D eigenvalue weighted by Crippen LogP contribution is 2.14. The van der Waals surface area contributed by atoms with Gasteiger partial charge in [0.2, 0.25) is 5.91 Å². The van der Waals surface area contributed by atoms with Gasteiger partial charge in [-0.05, 0) is 30.2 Å². The highest BCUT2D eigenvalue weighted by molar-refractivity contribution is 6.30. The van der Waals surface area contributed by atoms with Crippen LogP contribution in [0.15, 0.2) is 67.1 Å². The second-order valence-corrected chi connectivity index (χ2v) is 7.25. The van der Waals surface area contributed by atoms with E-state index >= 15 is 0 Å². The van der Waals surface area contributed by atoms with Crippen LogP contribution in [0, 0.1) is 0 Å². The number of hydrogen-bond donors (Lipinski definition) is 1. The molecule has 5 nitrogen and oxygen atoms in total. The average Bonchev–Trinajstić information content (AvgIpc) is 3.13. The van der Waals surface area contributed by atoms with E-state index in [4.69, 9.17) is 17.3 Å². The number of nitrogens with zero attached hydrogens (tertiary/aromatic N) is 3. The van der Waals surface area contributed by atoms with E-state index in [9.17, 15) is 4.79 Å². The van der Waals surface area contributed by atoms with Gasteiger partial charge in [-0.25, -0.2) is 4.98 Å². The molecule has 2 aromatic carbocycles. The zero-order chi connectivity index (χ0) is 19.9. The molecule has 30 heavy (non-hydrogen) atoms. The first kappa shape index (κ1) is 26.0. The standard InChI is InChI=1S/C22H25ClN4O.2ClH/c1-2-27(14-18-9-6-10-19(23)11-18)22(28)21(24)12-20-15-26(16-25-20)13-17-7-4-3-5-8-17;;/h3-11,15-16,21H,2,12-14,24H2,1H3;2*1H/t21-;;/m0../s1. The number of rotatable bonds is 8. The summed E-state index contributed by atoms with van der Waals surface area (Å²) in [6.07, 6.45) is 4.14. The van der Waals surface area contributed by atoms with E-state index in [0.717, 1.165) is 17.8 Å². The first-order valence-corrected chi connectivity index (χ1v) is 9.76. The third-order valence-corrected chi connectivity index (χ3v) is 4.83. The van der Waals surface area contributed by atoms with Crippen molar-refractivity contribution in [3.8, 4) is 0 Å². The lowest BCUT2D eigenvalue weighted by atomic mass is 10.1. The van der Waals surface area contributed by atoms with Crippen molar-refractivity contribution < 1.29 is 4.79 Å². The van der Waals surface area contributed by atoms with E-state index in [2.05, 4.69) is 17.1 Å². The summed E-state index contributed by atoms with van der Waals surface area (Å²) in [6.45, 7) is 3.77. The fourth-order valence-corrected chi connectivity index (χ4v) is 3.35. The second-order valence-electron chi connectivity index (χ2n) is 6.82. The molecular formula is C22H27Cl3N4O. The Kier molecular flexibility index (Phi) is 10.9. The summed E-state index contributed by atoms with van der Waals surface area (Å²) >= 11 is 6.04. The van der Waals surface area contributed by atoms with Gasteiger partial charge in [-0.1, -0.05) is 54.1 Å². The van der Waals surface area contributed by atoms with Crippen LogP contribution >= 0.6 is 36.4 Å². The molecule has 0 radical (unpaired) electrons. The molecule has 2 N–H and O–H groups in total. The van der Waals surface area contributed by atoms with Crippen molar-refractivity contribution in [1.82, 2.24) is 14.5 Å². The highest BCUT2D eigenvalue weighted by atomic mass is 35.5. The topological polar surface area (TPSA) is 64.2 Å². The fourth-order valence-electron chi connectivity index (χ4n) is 3.14. The zero-order valence-electron chi connectivity index (χ0n) is 16.8. The van der Waals surface area contributed by atoms with Gasteiger partial charge in [0.25, 0.3) is 0 Å². The number of carbonyl (C=O) groups is 1.